The molecular formula is C16H20N2O3. The maximum absolute atomic E-state index is 11.6. The van der Waals surface area contributed by atoms with Crippen molar-refractivity contribution in [1.29, 1.82) is 0 Å². The second-order valence-electron chi connectivity index (χ2n) is 4.80. The van der Waals surface area contributed by atoms with Crippen LogP contribution in [0.1, 0.15) is 24.4 Å². The van der Waals surface area contributed by atoms with Gasteiger partial charge < -0.3 is 14.0 Å². The fourth-order valence-electron chi connectivity index (χ4n) is 2.22. The van der Waals surface area contributed by atoms with Crippen molar-refractivity contribution in [3.05, 3.63) is 48.0 Å². The molecule has 5 heteroatoms. The monoisotopic (exact) mass is 288 g/mol. The van der Waals surface area contributed by atoms with Crippen LogP contribution in [0.4, 0.5) is 0 Å². The maximum atomic E-state index is 11.6. The molecular weight excluding hydrogens is 268 g/mol. The number of carbonyl (C=O) groups excluding carboxylic acids is 1. The Morgan fingerprint density at radius 1 is 1.24 bits per heavy atom. The molecule has 0 spiro atoms. The molecule has 1 aromatic heterocycles. The van der Waals surface area contributed by atoms with Crippen molar-refractivity contribution in [1.82, 2.24) is 9.55 Å². The zero-order chi connectivity index (χ0) is 15.2. The Kier molecular flexibility index (Phi) is 4.98. The second-order valence-corrected chi connectivity index (χ2v) is 4.80. The third kappa shape index (κ3) is 3.62. The highest BCUT2D eigenvalue weighted by atomic mass is 16.5. The van der Waals surface area contributed by atoms with Gasteiger partial charge in [-0.15, -0.1) is 0 Å². The van der Waals surface area contributed by atoms with Crippen LogP contribution in [0.3, 0.4) is 0 Å². The highest BCUT2D eigenvalue weighted by molar-refractivity contribution is 5.73. The molecule has 0 aliphatic carbocycles. The summed E-state index contributed by atoms with van der Waals surface area (Å²) in [6.07, 6.45) is 5.14. The third-order valence-electron chi connectivity index (χ3n) is 3.50. The summed E-state index contributed by atoms with van der Waals surface area (Å²) in [5, 5.41) is 0. The van der Waals surface area contributed by atoms with E-state index in [1.165, 1.54) is 12.7 Å². The Morgan fingerprint density at radius 2 is 1.95 bits per heavy atom. The summed E-state index contributed by atoms with van der Waals surface area (Å²) < 4.78 is 11.8. The third-order valence-corrected chi connectivity index (χ3v) is 3.50. The minimum absolute atomic E-state index is 0.265. The molecule has 0 saturated carbocycles. The molecule has 112 valence electrons. The quantitative estimate of drug-likeness (QED) is 0.766. The number of carbonyl (C=O) groups is 1. The summed E-state index contributed by atoms with van der Waals surface area (Å²) in [6.45, 7) is 1.81. The van der Waals surface area contributed by atoms with Crippen LogP contribution in [-0.2, 0) is 22.4 Å². The minimum atomic E-state index is -0.358. The van der Waals surface area contributed by atoms with E-state index in [0.29, 0.717) is 0 Å². The van der Waals surface area contributed by atoms with Crippen LogP contribution in [0.2, 0.25) is 0 Å². The van der Waals surface area contributed by atoms with Gasteiger partial charge in [0.15, 0.2) is 0 Å². The Balaban J connectivity index is 2.03. The van der Waals surface area contributed by atoms with Crippen LogP contribution in [-0.4, -0.2) is 29.7 Å². The van der Waals surface area contributed by atoms with E-state index >= 15 is 0 Å². The molecule has 0 fully saturated rings. The highest BCUT2D eigenvalue weighted by Gasteiger charge is 2.17. The van der Waals surface area contributed by atoms with Gasteiger partial charge in [0, 0.05) is 18.8 Å². The molecule has 0 aliphatic heterocycles. The average molecular weight is 288 g/mol. The Hall–Kier alpha value is -2.30. The molecule has 1 atom stereocenters. The molecule has 0 aliphatic rings. The Bertz CT molecular complexity index is 590. The standard InChI is InChI=1S/C16H20N2O3/c1-12(16(19)21-3)18-11-10-17-15(18)9-6-13-4-7-14(20-2)8-5-13/h4-5,7-8,10-12H,6,9H2,1-3H3. The van der Waals surface area contributed by atoms with E-state index in [9.17, 15) is 4.79 Å². The van der Waals surface area contributed by atoms with Gasteiger partial charge in [0.1, 0.15) is 17.6 Å². The summed E-state index contributed by atoms with van der Waals surface area (Å²) in [7, 11) is 3.05. The number of aryl methyl sites for hydroxylation is 2. The van der Waals surface area contributed by atoms with Crippen molar-refractivity contribution in [3.63, 3.8) is 0 Å². The summed E-state index contributed by atoms with van der Waals surface area (Å²) in [5.41, 5.74) is 1.20. The van der Waals surface area contributed by atoms with Gasteiger partial charge in [0.05, 0.1) is 14.2 Å². The van der Waals surface area contributed by atoms with Crippen LogP contribution in [0.15, 0.2) is 36.7 Å². The van der Waals surface area contributed by atoms with Crippen molar-refractivity contribution in [2.45, 2.75) is 25.8 Å². The molecule has 21 heavy (non-hydrogen) atoms. The maximum Gasteiger partial charge on any atom is 0.328 e. The molecule has 2 rings (SSSR count). The second kappa shape index (κ2) is 6.92. The molecule has 2 aromatic rings. The van der Waals surface area contributed by atoms with E-state index < -0.39 is 0 Å². The molecule has 1 heterocycles. The van der Waals surface area contributed by atoms with Gasteiger partial charge in [-0.05, 0) is 31.0 Å². The lowest BCUT2D eigenvalue weighted by atomic mass is 10.1. The molecule has 0 bridgehead atoms. The lowest BCUT2D eigenvalue weighted by molar-refractivity contribution is -0.144. The number of benzene rings is 1. The van der Waals surface area contributed by atoms with Crippen molar-refractivity contribution in [2.75, 3.05) is 14.2 Å². The van der Waals surface area contributed by atoms with E-state index in [2.05, 4.69) is 4.98 Å². The molecule has 0 N–H and O–H groups in total. The number of nitrogens with zero attached hydrogens (tertiary/aromatic N) is 2. The predicted octanol–water partition coefficient (Wildman–Crippen LogP) is 2.41. The Labute approximate surface area is 124 Å². The van der Waals surface area contributed by atoms with Gasteiger partial charge in [-0.2, -0.15) is 0 Å². The lowest BCUT2D eigenvalue weighted by Crippen LogP contribution is -2.19. The van der Waals surface area contributed by atoms with Gasteiger partial charge in [0.25, 0.3) is 0 Å². The van der Waals surface area contributed by atoms with Gasteiger partial charge in [-0.3, -0.25) is 0 Å². The summed E-state index contributed by atoms with van der Waals surface area (Å²) in [5.74, 6) is 1.46. The molecule has 0 saturated heterocycles. The molecule has 1 aromatic carbocycles. The summed E-state index contributed by atoms with van der Waals surface area (Å²) in [4.78, 5) is 16.0. The zero-order valence-electron chi connectivity index (χ0n) is 12.6. The summed E-state index contributed by atoms with van der Waals surface area (Å²) >= 11 is 0. The van der Waals surface area contributed by atoms with E-state index in [1.54, 1.807) is 13.3 Å². The number of imidazole rings is 1. The average Bonchev–Trinajstić information content (AvgIpc) is 3.00. The van der Waals surface area contributed by atoms with Crippen LogP contribution in [0.25, 0.3) is 0 Å². The number of esters is 1. The van der Waals surface area contributed by atoms with Gasteiger partial charge in [-0.1, -0.05) is 12.1 Å². The smallest absolute Gasteiger partial charge is 0.328 e. The first-order chi connectivity index (χ1) is 10.2. The van der Waals surface area contributed by atoms with Crippen molar-refractivity contribution in [3.8, 4) is 5.75 Å². The van der Waals surface area contributed by atoms with Crippen LogP contribution in [0.5, 0.6) is 5.75 Å². The first-order valence-corrected chi connectivity index (χ1v) is 6.88. The number of hydrogen-bond acceptors (Lipinski definition) is 4. The number of aromatic nitrogens is 2. The zero-order valence-corrected chi connectivity index (χ0v) is 12.6. The number of hydrogen-bond donors (Lipinski definition) is 0. The summed E-state index contributed by atoms with van der Waals surface area (Å²) in [6, 6.07) is 7.60. The van der Waals surface area contributed by atoms with Crippen LogP contribution >= 0.6 is 0 Å². The topological polar surface area (TPSA) is 53.4 Å². The number of methoxy groups -OCH3 is 2. The lowest BCUT2D eigenvalue weighted by Gasteiger charge is -2.14. The molecule has 0 radical (unpaired) electrons. The van der Waals surface area contributed by atoms with Crippen molar-refractivity contribution >= 4 is 5.97 Å². The predicted molar refractivity (Wildman–Crippen MR) is 79.4 cm³/mol. The fraction of sp³-hybridized carbons (Fsp3) is 0.375. The van der Waals surface area contributed by atoms with Gasteiger partial charge >= 0.3 is 5.97 Å². The number of ether oxygens (including phenoxy) is 2. The normalized spacial score (nSPS) is 12.0. The first-order valence-electron chi connectivity index (χ1n) is 6.88. The van der Waals surface area contributed by atoms with Crippen LogP contribution < -0.4 is 4.74 Å². The van der Waals surface area contributed by atoms with Gasteiger partial charge in [-0.25, -0.2) is 9.78 Å². The van der Waals surface area contributed by atoms with Crippen LogP contribution in [0, 0.1) is 0 Å². The minimum Gasteiger partial charge on any atom is -0.497 e. The largest absolute Gasteiger partial charge is 0.497 e. The first kappa shape index (κ1) is 15.1. The van der Waals surface area contributed by atoms with Gasteiger partial charge in [0.2, 0.25) is 0 Å². The van der Waals surface area contributed by atoms with E-state index in [1.807, 2.05) is 42.0 Å². The SMILES string of the molecule is COC(=O)C(C)n1ccnc1CCc1ccc(OC)cc1. The Morgan fingerprint density at radius 3 is 2.57 bits per heavy atom. The fourth-order valence-corrected chi connectivity index (χ4v) is 2.22. The molecule has 0 amide bonds. The molecule has 1 unspecified atom stereocenters. The van der Waals surface area contributed by atoms with E-state index in [0.717, 1.165) is 24.4 Å². The number of rotatable bonds is 6. The van der Waals surface area contributed by atoms with E-state index in [-0.39, 0.29) is 12.0 Å². The van der Waals surface area contributed by atoms with Crippen molar-refractivity contribution < 1.29 is 14.3 Å². The highest BCUT2D eigenvalue weighted by Crippen LogP contribution is 2.15. The molecule has 5 nitrogen and oxygen atoms in total. The van der Waals surface area contributed by atoms with E-state index in [4.69, 9.17) is 9.47 Å². The van der Waals surface area contributed by atoms with Crippen molar-refractivity contribution in [2.24, 2.45) is 0 Å².